The fourth-order valence-corrected chi connectivity index (χ4v) is 4.24. The summed E-state index contributed by atoms with van der Waals surface area (Å²) in [5, 5.41) is 11.6. The van der Waals surface area contributed by atoms with Crippen LogP contribution in [0.4, 0.5) is 5.82 Å². The van der Waals surface area contributed by atoms with Gasteiger partial charge in [-0.15, -0.1) is 0 Å². The summed E-state index contributed by atoms with van der Waals surface area (Å²) in [7, 11) is 2.11. The molecule has 1 aliphatic carbocycles. The van der Waals surface area contributed by atoms with Crippen molar-refractivity contribution in [3.05, 3.63) is 18.6 Å². The molecular formula is C19H28N6O2. The Kier molecular flexibility index (Phi) is 5.01. The molecule has 0 aromatic carbocycles. The molecule has 8 heteroatoms. The van der Waals surface area contributed by atoms with E-state index < -0.39 is 6.10 Å². The minimum Gasteiger partial charge on any atom is -0.391 e. The summed E-state index contributed by atoms with van der Waals surface area (Å²) >= 11 is 0. The number of rotatable bonds is 6. The third kappa shape index (κ3) is 3.64. The summed E-state index contributed by atoms with van der Waals surface area (Å²) < 4.78 is 2.12. The van der Waals surface area contributed by atoms with Gasteiger partial charge in [0.2, 0.25) is 5.91 Å². The highest BCUT2D eigenvalue weighted by molar-refractivity contribution is 5.88. The van der Waals surface area contributed by atoms with Gasteiger partial charge in [-0.2, -0.15) is 0 Å². The molecule has 3 N–H and O–H groups in total. The lowest BCUT2D eigenvalue weighted by Gasteiger charge is -2.36. The van der Waals surface area contributed by atoms with Crippen LogP contribution in [0.1, 0.15) is 25.7 Å². The van der Waals surface area contributed by atoms with E-state index >= 15 is 0 Å². The van der Waals surface area contributed by atoms with Crippen molar-refractivity contribution < 1.29 is 9.90 Å². The van der Waals surface area contributed by atoms with Crippen molar-refractivity contribution >= 4 is 22.8 Å². The fourth-order valence-electron chi connectivity index (χ4n) is 4.24. The Hall–Kier alpha value is -2.19. The van der Waals surface area contributed by atoms with Crippen LogP contribution in [0.5, 0.6) is 0 Å². The Bertz CT molecular complexity index is 818. The maximum atomic E-state index is 11.1. The van der Waals surface area contributed by atoms with Gasteiger partial charge in [0.25, 0.3) is 0 Å². The van der Waals surface area contributed by atoms with Gasteiger partial charge in [0.15, 0.2) is 0 Å². The highest BCUT2D eigenvalue weighted by atomic mass is 16.3. The number of aliphatic hydroxyl groups is 1. The van der Waals surface area contributed by atoms with Crippen molar-refractivity contribution in [2.75, 3.05) is 31.6 Å². The zero-order valence-electron chi connectivity index (χ0n) is 15.8. The second-order valence-corrected chi connectivity index (χ2v) is 7.92. The Morgan fingerprint density at radius 3 is 2.85 bits per heavy atom. The van der Waals surface area contributed by atoms with Crippen LogP contribution in [0.25, 0.3) is 11.0 Å². The van der Waals surface area contributed by atoms with Gasteiger partial charge in [-0.05, 0) is 38.3 Å². The minimum atomic E-state index is -0.477. The molecule has 1 saturated heterocycles. The molecule has 146 valence electrons. The van der Waals surface area contributed by atoms with E-state index in [-0.39, 0.29) is 18.4 Å². The molecule has 2 fully saturated rings. The van der Waals surface area contributed by atoms with Gasteiger partial charge in [-0.25, -0.2) is 9.97 Å². The quantitative estimate of drug-likeness (QED) is 0.770. The molecule has 2 aromatic heterocycles. The fraction of sp³-hybridized carbons (Fsp3) is 0.632. The normalized spacial score (nSPS) is 24.1. The molecule has 4 rings (SSSR count). The highest BCUT2D eigenvalue weighted by Crippen LogP contribution is 2.31. The van der Waals surface area contributed by atoms with E-state index in [0.717, 1.165) is 29.8 Å². The predicted octanol–water partition coefficient (Wildman–Crippen LogP) is 0.588. The van der Waals surface area contributed by atoms with Crippen molar-refractivity contribution in [1.82, 2.24) is 19.4 Å². The summed E-state index contributed by atoms with van der Waals surface area (Å²) in [4.78, 5) is 24.3. The number of fused-ring (bicyclic) bond motifs is 1. The topological polar surface area (TPSA) is 101 Å². The number of hydrogen-bond acceptors (Lipinski definition) is 6. The number of carbonyl (C=O) groups excluding carboxylic acids is 1. The van der Waals surface area contributed by atoms with Gasteiger partial charge in [-0.3, -0.25) is 9.69 Å². The predicted molar refractivity (Wildman–Crippen MR) is 103 cm³/mol. The maximum absolute atomic E-state index is 11.1. The molecule has 1 amide bonds. The van der Waals surface area contributed by atoms with E-state index in [1.807, 2.05) is 11.1 Å². The van der Waals surface area contributed by atoms with Gasteiger partial charge in [-0.1, -0.05) is 0 Å². The van der Waals surface area contributed by atoms with Crippen LogP contribution in [0, 0.1) is 5.92 Å². The van der Waals surface area contributed by atoms with Gasteiger partial charge >= 0.3 is 0 Å². The number of nitrogens with zero attached hydrogens (tertiary/aromatic N) is 5. The van der Waals surface area contributed by atoms with Gasteiger partial charge < -0.3 is 20.3 Å². The van der Waals surface area contributed by atoms with Crippen LogP contribution in [-0.2, 0) is 11.3 Å². The number of aromatic nitrogens is 3. The largest absolute Gasteiger partial charge is 0.391 e. The molecule has 2 unspecified atom stereocenters. The summed E-state index contributed by atoms with van der Waals surface area (Å²) in [5.74, 6) is 0.768. The molecular weight excluding hydrogens is 344 g/mol. The number of carbonyl (C=O) groups is 1. The molecule has 8 nitrogen and oxygen atoms in total. The van der Waals surface area contributed by atoms with Gasteiger partial charge in [0.05, 0.1) is 18.0 Å². The Morgan fingerprint density at radius 1 is 1.37 bits per heavy atom. The van der Waals surface area contributed by atoms with Crippen LogP contribution in [0.15, 0.2) is 18.6 Å². The number of hydrogen-bond donors (Lipinski definition) is 2. The number of anilines is 1. The van der Waals surface area contributed by atoms with E-state index in [4.69, 9.17) is 5.73 Å². The number of amides is 1. The van der Waals surface area contributed by atoms with Crippen LogP contribution in [0.3, 0.4) is 0 Å². The first-order valence-electron chi connectivity index (χ1n) is 9.74. The summed E-state index contributed by atoms with van der Waals surface area (Å²) in [5.41, 5.74) is 6.18. The highest BCUT2D eigenvalue weighted by Gasteiger charge is 2.29. The average molecular weight is 372 g/mol. The first kappa shape index (κ1) is 18.2. The first-order valence-corrected chi connectivity index (χ1v) is 9.74. The third-order valence-corrected chi connectivity index (χ3v) is 6.11. The van der Waals surface area contributed by atoms with E-state index in [1.165, 1.54) is 19.3 Å². The lowest BCUT2D eigenvalue weighted by atomic mass is 9.92. The number of aliphatic hydroxyl groups excluding tert-OH is 1. The zero-order valence-corrected chi connectivity index (χ0v) is 15.8. The summed E-state index contributed by atoms with van der Waals surface area (Å²) in [6.07, 6.45) is 7.76. The molecule has 0 spiro atoms. The smallest absolute Gasteiger partial charge is 0.231 e. The molecule has 2 aromatic rings. The molecule has 1 saturated carbocycles. The molecule has 0 bridgehead atoms. The average Bonchev–Trinajstić information content (AvgIpc) is 2.98. The Morgan fingerprint density at radius 2 is 2.19 bits per heavy atom. The molecule has 0 radical (unpaired) electrons. The first-order chi connectivity index (χ1) is 13.0. The lowest BCUT2D eigenvalue weighted by molar-refractivity contribution is -0.120. The van der Waals surface area contributed by atoms with Crippen LogP contribution >= 0.6 is 0 Å². The Balaban J connectivity index is 1.49. The monoisotopic (exact) mass is 372 g/mol. The van der Waals surface area contributed by atoms with Crippen LogP contribution in [0.2, 0.25) is 0 Å². The number of β-amino-alcohol motifs (C(OH)–C–C–N with tert-alkyl or cyclic N) is 1. The summed E-state index contributed by atoms with van der Waals surface area (Å²) in [6.45, 7) is 2.17. The number of primary amides is 1. The number of piperidine rings is 1. The van der Waals surface area contributed by atoms with Gasteiger partial charge in [0, 0.05) is 38.3 Å². The third-order valence-electron chi connectivity index (χ3n) is 6.11. The van der Waals surface area contributed by atoms with Crippen molar-refractivity contribution in [2.45, 2.75) is 44.4 Å². The van der Waals surface area contributed by atoms with Crippen molar-refractivity contribution in [3.63, 3.8) is 0 Å². The summed E-state index contributed by atoms with van der Waals surface area (Å²) in [6, 6.07) is 2.65. The molecule has 1 aliphatic heterocycles. The van der Waals surface area contributed by atoms with Crippen molar-refractivity contribution in [1.29, 1.82) is 0 Å². The van der Waals surface area contributed by atoms with Crippen molar-refractivity contribution in [2.24, 2.45) is 11.7 Å². The van der Waals surface area contributed by atoms with Crippen molar-refractivity contribution in [3.8, 4) is 0 Å². The van der Waals surface area contributed by atoms with E-state index in [0.29, 0.717) is 19.1 Å². The molecule has 2 aliphatic rings. The Labute approximate surface area is 159 Å². The standard InChI is InChI=1S/C19H28N6O2/c1-23(14-3-2-4-14)18-15-6-8-25(19(15)22-12-21-18)9-13-5-7-24(10-16(13)26)11-17(20)27/h6,8,12-14,16,26H,2-5,7,9-11H2,1H3,(H2,20,27). The molecule has 2 atom stereocenters. The van der Waals surface area contributed by atoms with E-state index in [9.17, 15) is 9.90 Å². The SMILES string of the molecule is CN(c1ncnc2c1ccn2CC1CCN(CC(N)=O)CC1O)C1CCC1. The van der Waals surface area contributed by atoms with E-state index in [1.54, 1.807) is 6.33 Å². The molecule has 3 heterocycles. The second kappa shape index (κ2) is 7.44. The van der Waals surface area contributed by atoms with Crippen LogP contribution in [-0.4, -0.2) is 69.3 Å². The second-order valence-electron chi connectivity index (χ2n) is 7.92. The maximum Gasteiger partial charge on any atom is 0.231 e. The van der Waals surface area contributed by atoms with E-state index in [2.05, 4.69) is 32.5 Å². The van der Waals surface area contributed by atoms with Gasteiger partial charge in [0.1, 0.15) is 17.8 Å². The minimum absolute atomic E-state index is 0.132. The molecule has 27 heavy (non-hydrogen) atoms. The number of nitrogens with two attached hydrogens (primary N) is 1. The zero-order chi connectivity index (χ0) is 19.0. The van der Waals surface area contributed by atoms with Crippen LogP contribution < -0.4 is 10.6 Å². The number of likely N-dealkylation sites (tertiary alicyclic amines) is 1. The lowest BCUT2D eigenvalue weighted by Crippen LogP contribution is -2.47.